The molecule has 1 atom stereocenters. The predicted octanol–water partition coefficient (Wildman–Crippen LogP) is 3.18. The first-order valence-electron chi connectivity index (χ1n) is 9.77. The van der Waals surface area contributed by atoms with Gasteiger partial charge in [0.05, 0.1) is 25.2 Å². The number of hydrogen-bond acceptors (Lipinski definition) is 5. The molecule has 2 amide bonds. The molecule has 1 saturated heterocycles. The molecule has 28 heavy (non-hydrogen) atoms. The normalized spacial score (nSPS) is 16.5. The van der Waals surface area contributed by atoms with E-state index in [1.165, 1.54) is 6.26 Å². The number of carbonyl (C=O) groups excluding carboxylic acids is 2. The molecule has 2 aromatic rings. The highest BCUT2D eigenvalue weighted by molar-refractivity contribution is 5.94. The van der Waals surface area contributed by atoms with Crippen LogP contribution in [0.1, 0.15) is 43.0 Å². The highest BCUT2D eigenvalue weighted by Gasteiger charge is 2.27. The molecule has 0 bridgehead atoms. The SMILES string of the molecule is CC(C)CN(CC(=O)N(Cc1ccco1)C[C@H]1CCCO1)C(=O)c1ccco1. The van der Waals surface area contributed by atoms with Crippen LogP contribution in [0.25, 0.3) is 0 Å². The monoisotopic (exact) mass is 388 g/mol. The molecule has 7 nitrogen and oxygen atoms in total. The average Bonchev–Trinajstić information content (AvgIpc) is 3.42. The minimum atomic E-state index is -0.276. The maximum Gasteiger partial charge on any atom is 0.290 e. The minimum Gasteiger partial charge on any atom is -0.467 e. The van der Waals surface area contributed by atoms with Crippen molar-refractivity contribution in [3.05, 3.63) is 48.3 Å². The molecule has 0 aromatic carbocycles. The Morgan fingerprint density at radius 3 is 2.54 bits per heavy atom. The van der Waals surface area contributed by atoms with Crippen LogP contribution in [-0.2, 0) is 16.1 Å². The third-order valence-corrected chi connectivity index (χ3v) is 4.66. The van der Waals surface area contributed by atoms with Crippen molar-refractivity contribution in [1.82, 2.24) is 9.80 Å². The van der Waals surface area contributed by atoms with Gasteiger partial charge in [-0.2, -0.15) is 0 Å². The summed E-state index contributed by atoms with van der Waals surface area (Å²) < 4.78 is 16.4. The molecule has 0 unspecified atom stereocenters. The van der Waals surface area contributed by atoms with Crippen molar-refractivity contribution in [2.45, 2.75) is 39.3 Å². The molecular formula is C21H28N2O5. The average molecular weight is 388 g/mol. The second-order valence-corrected chi connectivity index (χ2v) is 7.55. The largest absolute Gasteiger partial charge is 0.467 e. The van der Waals surface area contributed by atoms with Crippen molar-refractivity contribution in [3.8, 4) is 0 Å². The van der Waals surface area contributed by atoms with E-state index in [0.29, 0.717) is 25.4 Å². The standard InChI is InChI=1S/C21H28N2O5/c1-16(2)12-23(21(25)19-8-5-11-28-19)15-20(24)22(13-17-6-3-9-26-17)14-18-7-4-10-27-18/h3,5-6,8-9,11,16,18H,4,7,10,12-15H2,1-2H3/t18-/m1/s1. The molecule has 1 aliphatic heterocycles. The molecule has 7 heteroatoms. The lowest BCUT2D eigenvalue weighted by Crippen LogP contribution is -2.46. The summed E-state index contributed by atoms with van der Waals surface area (Å²) in [5, 5.41) is 0. The lowest BCUT2D eigenvalue weighted by molar-refractivity contribution is -0.134. The summed E-state index contributed by atoms with van der Waals surface area (Å²) in [6.07, 6.45) is 5.02. The Bertz CT molecular complexity index is 733. The summed E-state index contributed by atoms with van der Waals surface area (Å²) in [7, 11) is 0. The topological polar surface area (TPSA) is 76.1 Å². The fraction of sp³-hybridized carbons (Fsp3) is 0.524. The molecule has 0 aliphatic carbocycles. The number of nitrogens with zero attached hydrogens (tertiary/aromatic N) is 2. The number of ether oxygens (including phenoxy) is 1. The minimum absolute atomic E-state index is 0.00879. The van der Waals surface area contributed by atoms with Gasteiger partial charge in [-0.05, 0) is 43.0 Å². The summed E-state index contributed by atoms with van der Waals surface area (Å²) >= 11 is 0. The maximum absolute atomic E-state index is 13.1. The van der Waals surface area contributed by atoms with Gasteiger partial charge in [0.25, 0.3) is 5.91 Å². The Morgan fingerprint density at radius 1 is 1.14 bits per heavy atom. The molecular weight excluding hydrogens is 360 g/mol. The van der Waals surface area contributed by atoms with E-state index in [1.807, 2.05) is 19.9 Å². The fourth-order valence-corrected chi connectivity index (χ4v) is 3.36. The van der Waals surface area contributed by atoms with Crippen LogP contribution in [0, 0.1) is 5.92 Å². The molecule has 1 fully saturated rings. The van der Waals surface area contributed by atoms with Gasteiger partial charge >= 0.3 is 0 Å². The highest BCUT2D eigenvalue weighted by atomic mass is 16.5. The van der Waals surface area contributed by atoms with Crippen LogP contribution in [0.15, 0.2) is 45.6 Å². The van der Waals surface area contributed by atoms with Crippen molar-refractivity contribution < 1.29 is 23.2 Å². The number of rotatable bonds is 9. The predicted molar refractivity (Wildman–Crippen MR) is 103 cm³/mol. The quantitative estimate of drug-likeness (QED) is 0.659. The zero-order valence-electron chi connectivity index (χ0n) is 16.5. The van der Waals surface area contributed by atoms with Crippen LogP contribution in [-0.4, -0.2) is 54.0 Å². The van der Waals surface area contributed by atoms with Gasteiger partial charge in [-0.1, -0.05) is 13.8 Å². The molecule has 152 valence electrons. The zero-order chi connectivity index (χ0) is 19.9. The van der Waals surface area contributed by atoms with Gasteiger partial charge in [0.1, 0.15) is 12.3 Å². The van der Waals surface area contributed by atoms with Crippen molar-refractivity contribution in [3.63, 3.8) is 0 Å². The summed E-state index contributed by atoms with van der Waals surface area (Å²) in [6, 6.07) is 6.93. The zero-order valence-corrected chi connectivity index (χ0v) is 16.5. The fourth-order valence-electron chi connectivity index (χ4n) is 3.36. The van der Waals surface area contributed by atoms with E-state index in [4.69, 9.17) is 13.6 Å². The van der Waals surface area contributed by atoms with Gasteiger partial charge < -0.3 is 23.4 Å². The van der Waals surface area contributed by atoms with Crippen LogP contribution >= 0.6 is 0 Å². The number of amides is 2. The van der Waals surface area contributed by atoms with Crippen LogP contribution in [0.3, 0.4) is 0 Å². The lowest BCUT2D eigenvalue weighted by Gasteiger charge is -2.29. The van der Waals surface area contributed by atoms with Gasteiger partial charge in [-0.3, -0.25) is 9.59 Å². The third-order valence-electron chi connectivity index (χ3n) is 4.66. The Balaban J connectivity index is 1.71. The Labute approximate surface area is 165 Å². The summed E-state index contributed by atoms with van der Waals surface area (Å²) in [4.78, 5) is 29.2. The number of hydrogen-bond donors (Lipinski definition) is 0. The highest BCUT2D eigenvalue weighted by Crippen LogP contribution is 2.17. The van der Waals surface area contributed by atoms with E-state index < -0.39 is 0 Å². The Hall–Kier alpha value is -2.54. The van der Waals surface area contributed by atoms with Gasteiger partial charge in [0.2, 0.25) is 5.91 Å². The van der Waals surface area contributed by atoms with Crippen LogP contribution < -0.4 is 0 Å². The van der Waals surface area contributed by atoms with Crippen molar-refractivity contribution in [1.29, 1.82) is 0 Å². The first-order chi connectivity index (χ1) is 13.5. The molecule has 3 heterocycles. The number of carbonyl (C=O) groups is 2. The Kier molecular flexibility index (Phi) is 6.92. The van der Waals surface area contributed by atoms with Gasteiger partial charge in [0.15, 0.2) is 5.76 Å². The van der Waals surface area contributed by atoms with E-state index in [1.54, 1.807) is 34.3 Å². The number of furan rings is 2. The first kappa shape index (κ1) is 20.2. The molecule has 1 aliphatic rings. The second kappa shape index (κ2) is 9.59. The van der Waals surface area contributed by atoms with E-state index >= 15 is 0 Å². The van der Waals surface area contributed by atoms with Crippen LogP contribution in [0.4, 0.5) is 0 Å². The molecule has 2 aromatic heterocycles. The van der Waals surface area contributed by atoms with Gasteiger partial charge in [-0.15, -0.1) is 0 Å². The third kappa shape index (κ3) is 5.48. The van der Waals surface area contributed by atoms with E-state index in [9.17, 15) is 9.59 Å². The molecule has 0 N–H and O–H groups in total. The van der Waals surface area contributed by atoms with E-state index in [-0.39, 0.29) is 36.1 Å². The van der Waals surface area contributed by atoms with Gasteiger partial charge in [-0.25, -0.2) is 0 Å². The van der Waals surface area contributed by atoms with E-state index in [0.717, 1.165) is 19.4 Å². The molecule has 3 rings (SSSR count). The van der Waals surface area contributed by atoms with Crippen LogP contribution in [0.2, 0.25) is 0 Å². The molecule has 0 radical (unpaired) electrons. The van der Waals surface area contributed by atoms with Crippen LogP contribution in [0.5, 0.6) is 0 Å². The lowest BCUT2D eigenvalue weighted by atomic mass is 10.2. The van der Waals surface area contributed by atoms with Crippen molar-refractivity contribution in [2.75, 3.05) is 26.2 Å². The first-order valence-corrected chi connectivity index (χ1v) is 9.77. The molecule has 0 spiro atoms. The summed E-state index contributed by atoms with van der Waals surface area (Å²) in [6.45, 7) is 6.06. The van der Waals surface area contributed by atoms with Gasteiger partial charge in [0, 0.05) is 19.7 Å². The second-order valence-electron chi connectivity index (χ2n) is 7.55. The smallest absolute Gasteiger partial charge is 0.290 e. The van der Waals surface area contributed by atoms with Crippen molar-refractivity contribution in [2.24, 2.45) is 5.92 Å². The molecule has 0 saturated carbocycles. The summed E-state index contributed by atoms with van der Waals surface area (Å²) in [5.41, 5.74) is 0. The van der Waals surface area contributed by atoms with Crippen molar-refractivity contribution >= 4 is 11.8 Å². The van der Waals surface area contributed by atoms with E-state index in [2.05, 4.69) is 0 Å². The summed E-state index contributed by atoms with van der Waals surface area (Å²) in [5.74, 6) is 0.766. The maximum atomic E-state index is 13.1. The Morgan fingerprint density at radius 2 is 1.93 bits per heavy atom.